The van der Waals surface area contributed by atoms with E-state index in [4.69, 9.17) is 14.2 Å². The maximum atomic E-state index is 13.2. The van der Waals surface area contributed by atoms with Crippen molar-refractivity contribution in [1.29, 1.82) is 0 Å². The SMILES string of the molecule is Cc1ncccc1O[C@H]1CO[C@H]2[C@@H]1OC[C@@H]2NC(=O)NC1CCCCC1C(F)(F)F. The van der Waals surface area contributed by atoms with Crippen molar-refractivity contribution in [2.75, 3.05) is 13.2 Å². The van der Waals surface area contributed by atoms with Gasteiger partial charge in [0.2, 0.25) is 0 Å². The summed E-state index contributed by atoms with van der Waals surface area (Å²) < 4.78 is 57.3. The predicted molar refractivity (Wildman–Crippen MR) is 100 cm³/mol. The molecular formula is C20H26F3N3O4. The summed E-state index contributed by atoms with van der Waals surface area (Å²) in [6.07, 6.45) is -2.21. The topological polar surface area (TPSA) is 81.7 Å². The van der Waals surface area contributed by atoms with Crippen molar-refractivity contribution >= 4 is 6.03 Å². The second-order valence-electron chi connectivity index (χ2n) is 8.10. The number of rotatable bonds is 4. The zero-order valence-electron chi connectivity index (χ0n) is 16.7. The van der Waals surface area contributed by atoms with Gasteiger partial charge in [0.1, 0.15) is 18.0 Å². The van der Waals surface area contributed by atoms with Crippen LogP contribution in [0.25, 0.3) is 0 Å². The molecule has 1 aromatic rings. The van der Waals surface area contributed by atoms with E-state index < -0.39 is 36.3 Å². The van der Waals surface area contributed by atoms with Crippen LogP contribution in [-0.2, 0) is 9.47 Å². The maximum absolute atomic E-state index is 13.2. The smallest absolute Gasteiger partial charge is 0.393 e. The predicted octanol–water partition coefficient (Wildman–Crippen LogP) is 2.72. The van der Waals surface area contributed by atoms with Gasteiger partial charge in [0.15, 0.2) is 6.10 Å². The minimum Gasteiger partial charge on any atom is -0.483 e. The number of amides is 2. The Morgan fingerprint density at radius 3 is 2.63 bits per heavy atom. The lowest BCUT2D eigenvalue weighted by Gasteiger charge is -2.33. The lowest BCUT2D eigenvalue weighted by molar-refractivity contribution is -0.187. The molecule has 166 valence electrons. The molecule has 2 N–H and O–H groups in total. The number of carbonyl (C=O) groups excluding carboxylic acids is 1. The molecule has 6 atom stereocenters. The number of alkyl halides is 3. The number of nitrogens with one attached hydrogen (secondary N) is 2. The molecule has 3 heterocycles. The van der Waals surface area contributed by atoms with Crippen molar-refractivity contribution in [2.45, 2.75) is 69.2 Å². The number of aryl methyl sites for hydroxylation is 1. The van der Waals surface area contributed by atoms with Gasteiger partial charge in [-0.05, 0) is 31.9 Å². The Labute approximate surface area is 172 Å². The van der Waals surface area contributed by atoms with Gasteiger partial charge >= 0.3 is 12.2 Å². The van der Waals surface area contributed by atoms with Gasteiger partial charge in [-0.15, -0.1) is 0 Å². The van der Waals surface area contributed by atoms with Crippen molar-refractivity contribution in [1.82, 2.24) is 15.6 Å². The quantitative estimate of drug-likeness (QED) is 0.769. The summed E-state index contributed by atoms with van der Waals surface area (Å²) in [5.41, 5.74) is 0.750. The lowest BCUT2D eigenvalue weighted by Crippen LogP contribution is -2.54. The third-order valence-corrected chi connectivity index (χ3v) is 6.06. The Kier molecular flexibility index (Phi) is 6.06. The first-order valence-electron chi connectivity index (χ1n) is 10.3. The number of hydrogen-bond donors (Lipinski definition) is 2. The van der Waals surface area contributed by atoms with Crippen LogP contribution in [0.1, 0.15) is 31.4 Å². The highest BCUT2D eigenvalue weighted by Crippen LogP contribution is 2.38. The molecule has 2 aliphatic heterocycles. The molecule has 0 aromatic carbocycles. The monoisotopic (exact) mass is 429 g/mol. The molecule has 7 nitrogen and oxygen atoms in total. The summed E-state index contributed by atoms with van der Waals surface area (Å²) in [6.45, 7) is 2.34. The third-order valence-electron chi connectivity index (χ3n) is 6.06. The Morgan fingerprint density at radius 2 is 1.87 bits per heavy atom. The molecule has 1 saturated carbocycles. The number of fused-ring (bicyclic) bond motifs is 1. The number of ether oxygens (including phenoxy) is 3. The molecule has 0 spiro atoms. The molecule has 1 aliphatic carbocycles. The van der Waals surface area contributed by atoms with Crippen LogP contribution >= 0.6 is 0 Å². The summed E-state index contributed by atoms with van der Waals surface area (Å²) in [4.78, 5) is 16.6. The van der Waals surface area contributed by atoms with Crippen molar-refractivity contribution in [3.8, 4) is 5.75 Å². The number of carbonyl (C=O) groups is 1. The molecule has 30 heavy (non-hydrogen) atoms. The first-order valence-corrected chi connectivity index (χ1v) is 10.3. The average Bonchev–Trinajstić information content (AvgIpc) is 3.27. The molecule has 2 unspecified atom stereocenters. The van der Waals surface area contributed by atoms with Crippen LogP contribution in [0.4, 0.5) is 18.0 Å². The number of halogens is 3. The number of nitrogens with zero attached hydrogens (tertiary/aromatic N) is 1. The largest absolute Gasteiger partial charge is 0.483 e. The minimum atomic E-state index is -4.32. The summed E-state index contributed by atoms with van der Waals surface area (Å²) in [5.74, 6) is -0.868. The van der Waals surface area contributed by atoms with E-state index in [2.05, 4.69) is 15.6 Å². The molecule has 3 fully saturated rings. The maximum Gasteiger partial charge on any atom is 0.393 e. The fourth-order valence-electron chi connectivity index (χ4n) is 4.52. The van der Waals surface area contributed by atoms with Crippen LogP contribution in [-0.4, -0.2) is 60.8 Å². The number of urea groups is 1. The van der Waals surface area contributed by atoms with E-state index in [0.717, 1.165) is 5.69 Å². The first kappa shape index (κ1) is 21.2. The Balaban J connectivity index is 1.32. The normalized spacial score (nSPS) is 33.7. The second-order valence-corrected chi connectivity index (χ2v) is 8.10. The fourth-order valence-corrected chi connectivity index (χ4v) is 4.52. The van der Waals surface area contributed by atoms with Crippen LogP contribution in [0.5, 0.6) is 5.75 Å². The highest BCUT2D eigenvalue weighted by Gasteiger charge is 2.50. The van der Waals surface area contributed by atoms with Crippen molar-refractivity contribution < 1.29 is 32.2 Å². The van der Waals surface area contributed by atoms with E-state index >= 15 is 0 Å². The van der Waals surface area contributed by atoms with Crippen molar-refractivity contribution in [2.24, 2.45) is 5.92 Å². The summed E-state index contributed by atoms with van der Waals surface area (Å²) in [6, 6.07) is 1.60. The standard InChI is InChI=1S/C20H26F3N3O4/c1-11-15(7-4-8-24-11)30-16-10-29-17-14(9-28-18(16)17)26-19(27)25-13-6-3-2-5-12(13)20(21,22)23/h4,7-8,12-14,16-18H,2-3,5-6,9-10H2,1H3,(H2,25,26,27)/t12?,13?,14-,16-,17+,18+/m0/s1. The molecular weight excluding hydrogens is 403 g/mol. The fraction of sp³-hybridized carbons (Fsp3) is 0.700. The zero-order chi connectivity index (χ0) is 21.3. The van der Waals surface area contributed by atoms with Gasteiger partial charge in [0, 0.05) is 12.2 Å². The van der Waals surface area contributed by atoms with Crippen LogP contribution < -0.4 is 15.4 Å². The van der Waals surface area contributed by atoms with Crippen LogP contribution in [0.2, 0.25) is 0 Å². The lowest BCUT2D eigenvalue weighted by atomic mass is 9.84. The van der Waals surface area contributed by atoms with Gasteiger partial charge in [0.05, 0.1) is 30.9 Å². The molecule has 0 bridgehead atoms. The van der Waals surface area contributed by atoms with Gasteiger partial charge in [-0.25, -0.2) is 4.79 Å². The van der Waals surface area contributed by atoms with E-state index in [9.17, 15) is 18.0 Å². The van der Waals surface area contributed by atoms with Gasteiger partial charge in [0.25, 0.3) is 0 Å². The zero-order valence-corrected chi connectivity index (χ0v) is 16.7. The summed E-state index contributed by atoms with van der Waals surface area (Å²) >= 11 is 0. The minimum absolute atomic E-state index is 0.0432. The summed E-state index contributed by atoms with van der Waals surface area (Å²) in [7, 11) is 0. The number of hydrogen-bond acceptors (Lipinski definition) is 5. The Bertz CT molecular complexity index is 763. The molecule has 2 amide bonds. The molecule has 2 saturated heterocycles. The van der Waals surface area contributed by atoms with E-state index in [-0.39, 0.29) is 25.2 Å². The van der Waals surface area contributed by atoms with E-state index in [1.165, 1.54) is 0 Å². The van der Waals surface area contributed by atoms with Crippen LogP contribution in [0.15, 0.2) is 18.3 Å². The van der Waals surface area contributed by atoms with E-state index in [0.29, 0.717) is 31.6 Å². The van der Waals surface area contributed by atoms with Gasteiger partial charge in [-0.1, -0.05) is 12.8 Å². The number of pyridine rings is 1. The Morgan fingerprint density at radius 1 is 1.13 bits per heavy atom. The molecule has 1 aromatic heterocycles. The molecule has 0 radical (unpaired) electrons. The highest BCUT2D eigenvalue weighted by atomic mass is 19.4. The summed E-state index contributed by atoms with van der Waals surface area (Å²) in [5, 5.41) is 5.25. The molecule has 4 rings (SSSR count). The van der Waals surface area contributed by atoms with Crippen molar-refractivity contribution in [3.05, 3.63) is 24.0 Å². The third kappa shape index (κ3) is 4.49. The van der Waals surface area contributed by atoms with E-state index in [1.54, 1.807) is 12.3 Å². The first-order chi connectivity index (χ1) is 14.3. The molecule has 3 aliphatic rings. The van der Waals surface area contributed by atoms with E-state index in [1.807, 2.05) is 13.0 Å². The average molecular weight is 429 g/mol. The van der Waals surface area contributed by atoms with Crippen LogP contribution in [0.3, 0.4) is 0 Å². The highest BCUT2D eigenvalue weighted by molar-refractivity contribution is 5.74. The van der Waals surface area contributed by atoms with Gasteiger partial charge in [-0.2, -0.15) is 13.2 Å². The van der Waals surface area contributed by atoms with Gasteiger partial charge in [-0.3, -0.25) is 4.98 Å². The van der Waals surface area contributed by atoms with Gasteiger partial charge < -0.3 is 24.8 Å². The van der Waals surface area contributed by atoms with Crippen LogP contribution in [0, 0.1) is 12.8 Å². The number of aromatic nitrogens is 1. The molecule has 10 heteroatoms. The van der Waals surface area contributed by atoms with Crippen molar-refractivity contribution in [3.63, 3.8) is 0 Å². The Hall–Kier alpha value is -2.07. The second kappa shape index (κ2) is 8.58.